The van der Waals surface area contributed by atoms with Gasteiger partial charge in [0, 0.05) is 0 Å². The van der Waals surface area contributed by atoms with E-state index in [0.717, 1.165) is 0 Å². The Morgan fingerprint density at radius 2 is 1.60 bits per heavy atom. The molecule has 0 unspecified atom stereocenters. The lowest BCUT2D eigenvalue weighted by atomic mass is 11.3. The number of nitrogens with two attached hydrogens (primary N) is 1. The average Bonchev–Trinajstić information content (AvgIpc) is 1.46. The van der Waals surface area contributed by atoms with Gasteiger partial charge < -0.3 is 5.73 Å². The summed E-state index contributed by atoms with van der Waals surface area (Å²) in [6.07, 6.45) is 0.250. The molecule has 0 radical (unpaired) electrons. The Labute approximate surface area is 31.3 Å². The van der Waals surface area contributed by atoms with Crippen LogP contribution in [-0.2, 0) is 4.79 Å². The molecule has 0 rings (SSSR count). The molecule has 2 nitrogen and oxygen atoms in total. The number of hydrogen-bond donors (Lipinski definition) is 1. The predicted octanol–water partition coefficient (Wildman–Crippen LogP) is -0.0963. The maximum atomic E-state index is 8.58. The van der Waals surface area contributed by atoms with Crippen LogP contribution in [0.4, 0.5) is 0 Å². The third-order valence-corrected chi connectivity index (χ3v) is 0. The van der Waals surface area contributed by atoms with Crippen LogP contribution < -0.4 is 5.73 Å². The van der Waals surface area contributed by atoms with Crippen LogP contribution in [0.15, 0.2) is 13.2 Å². The van der Waals surface area contributed by atoms with Crippen molar-refractivity contribution < 1.29 is 4.79 Å². The lowest BCUT2D eigenvalue weighted by Crippen LogP contribution is -1.82. The highest BCUT2D eigenvalue weighted by atomic mass is 16.1. The van der Waals surface area contributed by atoms with E-state index in [-0.39, 0.29) is 6.41 Å². The quantitative estimate of drug-likeness (QED) is 0.316. The summed E-state index contributed by atoms with van der Waals surface area (Å²) in [6, 6.07) is 0. The molecular formula is C3H7NO. The van der Waals surface area contributed by atoms with Crippen LogP contribution in [0.25, 0.3) is 0 Å². The molecular weight excluding hydrogens is 66.0 g/mol. The summed E-state index contributed by atoms with van der Waals surface area (Å²) in [7, 11) is 0. The van der Waals surface area contributed by atoms with Gasteiger partial charge in [-0.15, -0.1) is 13.2 Å². The third kappa shape index (κ3) is 7.53. The molecule has 0 saturated carbocycles. The molecule has 30 valence electrons. The highest BCUT2D eigenvalue weighted by Gasteiger charge is 1.19. The van der Waals surface area contributed by atoms with Crippen molar-refractivity contribution in [1.29, 1.82) is 0 Å². The maximum Gasteiger partial charge on any atom is 0.204 e. The summed E-state index contributed by atoms with van der Waals surface area (Å²) in [4.78, 5) is 8.58. The first kappa shape index (κ1) is 8.88. The van der Waals surface area contributed by atoms with E-state index in [1.807, 2.05) is 0 Å². The summed E-state index contributed by atoms with van der Waals surface area (Å²) >= 11 is 0. The average molecular weight is 73.1 g/mol. The van der Waals surface area contributed by atoms with Crippen LogP contribution >= 0.6 is 0 Å². The summed E-state index contributed by atoms with van der Waals surface area (Å²) in [5.41, 5.74) is 4.17. The maximum absolute atomic E-state index is 8.58. The van der Waals surface area contributed by atoms with Crippen molar-refractivity contribution in [2.24, 2.45) is 5.73 Å². The van der Waals surface area contributed by atoms with Crippen LogP contribution in [-0.4, -0.2) is 6.41 Å². The molecule has 0 fully saturated rings. The van der Waals surface area contributed by atoms with Gasteiger partial charge in [-0.1, -0.05) is 0 Å². The van der Waals surface area contributed by atoms with E-state index in [0.29, 0.717) is 0 Å². The molecule has 2 heteroatoms. The second kappa shape index (κ2) is 356. The Morgan fingerprint density at radius 1 is 1.60 bits per heavy atom. The van der Waals surface area contributed by atoms with Gasteiger partial charge in [0.1, 0.15) is 0 Å². The monoisotopic (exact) mass is 73.1 g/mol. The van der Waals surface area contributed by atoms with E-state index >= 15 is 0 Å². The summed E-state index contributed by atoms with van der Waals surface area (Å²) in [5, 5.41) is 0. The van der Waals surface area contributed by atoms with Gasteiger partial charge in [0.05, 0.1) is 0 Å². The van der Waals surface area contributed by atoms with Gasteiger partial charge in [-0.25, -0.2) is 0 Å². The molecule has 0 aliphatic rings. The first-order valence-electron chi connectivity index (χ1n) is 1.07. The second-order valence-corrected chi connectivity index (χ2v) is 0.136. The minimum absolute atomic E-state index is 0.250. The van der Waals surface area contributed by atoms with Gasteiger partial charge in [-0.2, -0.15) is 0 Å². The number of primary amides is 1. The molecule has 0 aromatic heterocycles. The largest absolute Gasteiger partial charge is 0.372 e. The van der Waals surface area contributed by atoms with Crippen molar-refractivity contribution in [2.75, 3.05) is 0 Å². The van der Waals surface area contributed by atoms with Gasteiger partial charge in [-0.3, -0.25) is 4.79 Å². The Kier molecular flexibility index (Phi) is 632. The minimum Gasteiger partial charge on any atom is -0.372 e. The standard InChI is InChI=1S/C2H4.CH3NO/c1-2;2-1-3/h1-2H2;1H,(H2,2,3). The molecule has 0 saturated heterocycles. The topological polar surface area (TPSA) is 43.1 Å². The van der Waals surface area contributed by atoms with Crippen LogP contribution in [0.3, 0.4) is 0 Å². The summed E-state index contributed by atoms with van der Waals surface area (Å²) < 4.78 is 0. The van der Waals surface area contributed by atoms with Crippen molar-refractivity contribution in [2.45, 2.75) is 0 Å². The molecule has 0 aliphatic heterocycles. The van der Waals surface area contributed by atoms with Crippen molar-refractivity contribution >= 4 is 6.41 Å². The Balaban J connectivity index is 0. The number of hydrogen-bond acceptors (Lipinski definition) is 1. The fourth-order valence-corrected chi connectivity index (χ4v) is 0. The Morgan fingerprint density at radius 3 is 1.60 bits per heavy atom. The third-order valence-electron chi connectivity index (χ3n) is 0. The van der Waals surface area contributed by atoms with E-state index in [1.54, 1.807) is 0 Å². The first-order valence-corrected chi connectivity index (χ1v) is 1.07. The lowest BCUT2D eigenvalue weighted by Gasteiger charge is -1.32. The van der Waals surface area contributed by atoms with Crippen LogP contribution in [0.2, 0.25) is 0 Å². The molecule has 0 atom stereocenters. The number of carbonyl (C=O) groups is 1. The number of carbonyl (C=O) groups excluding carboxylic acids is 1. The number of rotatable bonds is 0. The molecule has 5 heavy (non-hydrogen) atoms. The van der Waals surface area contributed by atoms with Gasteiger partial charge in [0.15, 0.2) is 0 Å². The predicted molar refractivity (Wildman–Crippen MR) is 21.5 cm³/mol. The minimum atomic E-state index is 0.250. The smallest absolute Gasteiger partial charge is 0.204 e. The van der Waals surface area contributed by atoms with Crippen molar-refractivity contribution in [1.82, 2.24) is 0 Å². The molecule has 0 aromatic rings. The van der Waals surface area contributed by atoms with Gasteiger partial charge in [0.2, 0.25) is 6.41 Å². The van der Waals surface area contributed by atoms with Gasteiger partial charge >= 0.3 is 0 Å². The summed E-state index contributed by atoms with van der Waals surface area (Å²) in [5.74, 6) is 0. The van der Waals surface area contributed by atoms with E-state index < -0.39 is 0 Å². The van der Waals surface area contributed by atoms with Gasteiger partial charge in [0.25, 0.3) is 0 Å². The zero-order valence-electron chi connectivity index (χ0n) is 2.98. The lowest BCUT2D eigenvalue weighted by molar-refractivity contribution is -0.106. The van der Waals surface area contributed by atoms with Crippen molar-refractivity contribution in [3.8, 4) is 0 Å². The van der Waals surface area contributed by atoms with E-state index in [2.05, 4.69) is 18.9 Å². The molecule has 0 aromatic carbocycles. The first-order chi connectivity index (χ1) is 2.41. The van der Waals surface area contributed by atoms with Crippen LogP contribution in [0, 0.1) is 0 Å². The van der Waals surface area contributed by atoms with Crippen molar-refractivity contribution in [3.05, 3.63) is 13.2 Å². The zero-order valence-corrected chi connectivity index (χ0v) is 2.98. The Bertz CT molecular complexity index is 20.9. The molecule has 0 spiro atoms. The molecule has 0 bridgehead atoms. The Hall–Kier alpha value is -0.790. The fraction of sp³-hybridized carbons (Fsp3) is 0. The normalized spacial score (nSPS) is 3.20. The SMILES string of the molecule is C=C.NC=O. The molecule has 0 aliphatic carbocycles. The molecule has 0 heterocycles. The molecule has 2 N–H and O–H groups in total. The van der Waals surface area contributed by atoms with Crippen molar-refractivity contribution in [3.63, 3.8) is 0 Å². The van der Waals surface area contributed by atoms with Crippen LogP contribution in [0.1, 0.15) is 0 Å². The number of amides is 1. The second-order valence-electron chi connectivity index (χ2n) is 0.136. The fourth-order valence-electron chi connectivity index (χ4n) is 0. The summed E-state index contributed by atoms with van der Waals surface area (Å²) in [6.45, 7) is 6.00. The molecule has 1 amide bonds. The van der Waals surface area contributed by atoms with Gasteiger partial charge in [-0.05, 0) is 0 Å². The zero-order chi connectivity index (χ0) is 4.71. The van der Waals surface area contributed by atoms with E-state index in [9.17, 15) is 0 Å². The van der Waals surface area contributed by atoms with E-state index in [1.165, 1.54) is 0 Å². The highest BCUT2D eigenvalue weighted by Crippen LogP contribution is 0.862. The highest BCUT2D eigenvalue weighted by molar-refractivity contribution is 5.42. The van der Waals surface area contributed by atoms with E-state index in [4.69, 9.17) is 4.79 Å². The van der Waals surface area contributed by atoms with Crippen LogP contribution in [0.5, 0.6) is 0 Å².